The Balaban J connectivity index is 1.81. The first-order valence-electron chi connectivity index (χ1n) is 8.74. The number of benzene rings is 1. The average Bonchev–Trinajstić information content (AvgIpc) is 3.14. The van der Waals surface area contributed by atoms with Gasteiger partial charge in [-0.05, 0) is 19.4 Å². The average molecular weight is 388 g/mol. The minimum absolute atomic E-state index is 0.0374. The van der Waals surface area contributed by atoms with Crippen LogP contribution < -0.4 is 10.9 Å². The van der Waals surface area contributed by atoms with Crippen LogP contribution in [0.15, 0.2) is 35.3 Å². The Morgan fingerprint density at radius 3 is 2.74 bits per heavy atom. The Kier molecular flexibility index (Phi) is 4.06. The second-order valence-electron chi connectivity index (χ2n) is 7.01. The predicted octanol–water partition coefficient (Wildman–Crippen LogP) is 0.752. The second kappa shape index (κ2) is 6.19. The standard InChI is InChI=1S/C18H20N4O4S/c1-11(17(23)20-12-7-8-27(25,26)10-12)22-15-6-4-3-5-13(15)14-9-19-21(2)18(24)16(14)22/h3-6,9,11-12H,7-8,10H2,1-2H3,(H,20,23)/t11-,12+/m0/s1. The molecule has 2 aromatic heterocycles. The molecule has 8 nitrogen and oxygen atoms in total. The van der Waals surface area contributed by atoms with Crippen molar-refractivity contribution in [1.82, 2.24) is 19.7 Å². The molecular formula is C18H20N4O4S. The molecule has 1 fully saturated rings. The van der Waals surface area contributed by atoms with E-state index in [0.717, 1.165) is 10.9 Å². The molecule has 0 bridgehead atoms. The van der Waals surface area contributed by atoms with Crippen molar-refractivity contribution < 1.29 is 13.2 Å². The van der Waals surface area contributed by atoms with Gasteiger partial charge in [-0.1, -0.05) is 18.2 Å². The van der Waals surface area contributed by atoms with Gasteiger partial charge < -0.3 is 9.88 Å². The van der Waals surface area contributed by atoms with Gasteiger partial charge in [0.15, 0.2) is 9.84 Å². The highest BCUT2D eigenvalue weighted by atomic mass is 32.2. The number of para-hydroxylation sites is 1. The molecule has 1 aliphatic rings. The maximum atomic E-state index is 12.8. The van der Waals surface area contributed by atoms with E-state index >= 15 is 0 Å². The molecule has 1 aliphatic heterocycles. The van der Waals surface area contributed by atoms with Gasteiger partial charge in [0.05, 0.1) is 23.2 Å². The maximum absolute atomic E-state index is 12.8. The van der Waals surface area contributed by atoms with E-state index in [-0.39, 0.29) is 29.0 Å². The minimum Gasteiger partial charge on any atom is -0.351 e. The van der Waals surface area contributed by atoms with Gasteiger partial charge in [0, 0.05) is 23.9 Å². The number of carbonyl (C=O) groups is 1. The van der Waals surface area contributed by atoms with Crippen LogP contribution in [0.25, 0.3) is 21.8 Å². The summed E-state index contributed by atoms with van der Waals surface area (Å²) < 4.78 is 26.2. The minimum atomic E-state index is -3.09. The Morgan fingerprint density at radius 1 is 1.30 bits per heavy atom. The van der Waals surface area contributed by atoms with Crippen LogP contribution in [0.4, 0.5) is 0 Å². The first-order valence-corrected chi connectivity index (χ1v) is 10.6. The molecule has 4 rings (SSSR count). The molecule has 27 heavy (non-hydrogen) atoms. The van der Waals surface area contributed by atoms with E-state index in [9.17, 15) is 18.0 Å². The van der Waals surface area contributed by atoms with E-state index < -0.39 is 15.9 Å². The number of carbonyl (C=O) groups excluding carboxylic acids is 1. The van der Waals surface area contributed by atoms with Gasteiger partial charge in [0.2, 0.25) is 5.91 Å². The Morgan fingerprint density at radius 2 is 2.04 bits per heavy atom. The second-order valence-corrected chi connectivity index (χ2v) is 9.24. The number of aromatic nitrogens is 3. The van der Waals surface area contributed by atoms with E-state index in [1.807, 2.05) is 24.3 Å². The Hall–Kier alpha value is -2.68. The predicted molar refractivity (Wildman–Crippen MR) is 102 cm³/mol. The number of amides is 1. The lowest BCUT2D eigenvalue weighted by Crippen LogP contribution is -2.40. The molecule has 1 amide bonds. The molecule has 2 atom stereocenters. The van der Waals surface area contributed by atoms with E-state index in [1.54, 1.807) is 24.7 Å². The normalized spacial score (nSPS) is 20.1. The third-order valence-electron chi connectivity index (χ3n) is 5.15. The molecular weight excluding hydrogens is 368 g/mol. The van der Waals surface area contributed by atoms with E-state index in [2.05, 4.69) is 10.4 Å². The number of nitrogens with one attached hydrogen (secondary N) is 1. The van der Waals surface area contributed by atoms with Crippen molar-refractivity contribution in [2.24, 2.45) is 7.05 Å². The van der Waals surface area contributed by atoms with Gasteiger partial charge in [-0.25, -0.2) is 13.1 Å². The first-order chi connectivity index (χ1) is 12.8. The SMILES string of the molecule is C[C@@H](C(=O)N[C@@H]1CCS(=O)(=O)C1)n1c2ccccc2c2cnn(C)c(=O)c21. The fraction of sp³-hybridized carbons (Fsp3) is 0.389. The zero-order chi connectivity index (χ0) is 19.3. The lowest BCUT2D eigenvalue weighted by Gasteiger charge is -2.19. The first kappa shape index (κ1) is 17.7. The summed E-state index contributed by atoms with van der Waals surface area (Å²) in [5.74, 6) is -0.253. The van der Waals surface area contributed by atoms with Crippen molar-refractivity contribution in [2.75, 3.05) is 11.5 Å². The van der Waals surface area contributed by atoms with Gasteiger partial charge in [-0.3, -0.25) is 9.59 Å². The van der Waals surface area contributed by atoms with Crippen LogP contribution in [0.5, 0.6) is 0 Å². The quantitative estimate of drug-likeness (QED) is 0.713. The molecule has 142 valence electrons. The summed E-state index contributed by atoms with van der Waals surface area (Å²) in [5.41, 5.74) is 0.890. The van der Waals surface area contributed by atoms with Crippen LogP contribution in [-0.2, 0) is 21.7 Å². The molecule has 3 heterocycles. The van der Waals surface area contributed by atoms with Crippen LogP contribution in [0, 0.1) is 0 Å². The van der Waals surface area contributed by atoms with Gasteiger partial charge in [-0.2, -0.15) is 5.10 Å². The number of hydrogen-bond donors (Lipinski definition) is 1. The molecule has 0 saturated carbocycles. The van der Waals surface area contributed by atoms with Crippen molar-refractivity contribution in [3.05, 3.63) is 40.8 Å². The van der Waals surface area contributed by atoms with Gasteiger partial charge in [0.25, 0.3) is 5.56 Å². The summed E-state index contributed by atoms with van der Waals surface area (Å²) in [5, 5.41) is 8.46. The van der Waals surface area contributed by atoms with Crippen LogP contribution in [0.1, 0.15) is 19.4 Å². The van der Waals surface area contributed by atoms with Crippen molar-refractivity contribution in [2.45, 2.75) is 25.4 Å². The van der Waals surface area contributed by atoms with Crippen LogP contribution in [0.2, 0.25) is 0 Å². The molecule has 9 heteroatoms. The summed E-state index contributed by atoms with van der Waals surface area (Å²) in [7, 11) is -1.52. The van der Waals surface area contributed by atoms with E-state index in [0.29, 0.717) is 17.3 Å². The van der Waals surface area contributed by atoms with Crippen molar-refractivity contribution in [3.8, 4) is 0 Å². The highest BCUT2D eigenvalue weighted by Crippen LogP contribution is 2.29. The third kappa shape index (κ3) is 2.91. The summed E-state index contributed by atoms with van der Waals surface area (Å²) in [6.07, 6.45) is 2.05. The molecule has 1 aromatic carbocycles. The molecule has 0 radical (unpaired) electrons. The Bertz CT molecular complexity index is 1230. The topological polar surface area (TPSA) is 103 Å². The largest absolute Gasteiger partial charge is 0.351 e. The zero-order valence-electron chi connectivity index (χ0n) is 15.0. The fourth-order valence-electron chi connectivity index (χ4n) is 3.74. The molecule has 0 unspecified atom stereocenters. The van der Waals surface area contributed by atoms with Crippen LogP contribution in [0.3, 0.4) is 0 Å². The van der Waals surface area contributed by atoms with Crippen molar-refractivity contribution >= 4 is 37.6 Å². The zero-order valence-corrected chi connectivity index (χ0v) is 15.9. The summed E-state index contributed by atoms with van der Waals surface area (Å²) in [6, 6.07) is 6.41. The summed E-state index contributed by atoms with van der Waals surface area (Å²) >= 11 is 0. The lowest BCUT2D eigenvalue weighted by molar-refractivity contribution is -0.124. The van der Waals surface area contributed by atoms with Crippen LogP contribution >= 0.6 is 0 Å². The molecule has 1 saturated heterocycles. The van der Waals surface area contributed by atoms with Gasteiger partial charge in [-0.15, -0.1) is 0 Å². The van der Waals surface area contributed by atoms with Crippen LogP contribution in [-0.4, -0.2) is 46.2 Å². The third-order valence-corrected chi connectivity index (χ3v) is 6.92. The molecule has 3 aromatic rings. The number of rotatable bonds is 3. The highest BCUT2D eigenvalue weighted by molar-refractivity contribution is 7.91. The molecule has 0 spiro atoms. The number of nitrogens with zero attached hydrogens (tertiary/aromatic N) is 3. The number of aryl methyl sites for hydroxylation is 1. The van der Waals surface area contributed by atoms with E-state index in [4.69, 9.17) is 0 Å². The number of fused-ring (bicyclic) bond motifs is 3. The summed E-state index contributed by atoms with van der Waals surface area (Å²) in [6.45, 7) is 1.71. The van der Waals surface area contributed by atoms with E-state index in [1.165, 1.54) is 4.68 Å². The fourth-order valence-corrected chi connectivity index (χ4v) is 5.41. The lowest BCUT2D eigenvalue weighted by atomic mass is 10.2. The van der Waals surface area contributed by atoms with Gasteiger partial charge >= 0.3 is 0 Å². The maximum Gasteiger partial charge on any atom is 0.291 e. The molecule has 0 aliphatic carbocycles. The smallest absolute Gasteiger partial charge is 0.291 e. The van der Waals surface area contributed by atoms with Crippen molar-refractivity contribution in [3.63, 3.8) is 0 Å². The number of sulfone groups is 1. The monoisotopic (exact) mass is 388 g/mol. The van der Waals surface area contributed by atoms with Crippen molar-refractivity contribution in [1.29, 1.82) is 0 Å². The van der Waals surface area contributed by atoms with Gasteiger partial charge in [0.1, 0.15) is 11.6 Å². The molecule has 1 N–H and O–H groups in total. The Labute approximate surface area is 155 Å². The summed E-state index contributed by atoms with van der Waals surface area (Å²) in [4.78, 5) is 25.6. The number of hydrogen-bond acceptors (Lipinski definition) is 5. The highest BCUT2D eigenvalue weighted by Gasteiger charge is 2.31.